The third-order valence-corrected chi connectivity index (χ3v) is 2.14. The molecule has 0 unspecified atom stereocenters. The zero-order chi connectivity index (χ0) is 9.47. The molecule has 0 amide bonds. The van der Waals surface area contributed by atoms with Gasteiger partial charge in [0.2, 0.25) is 0 Å². The Kier molecular flexibility index (Phi) is 1.71. The van der Waals surface area contributed by atoms with Crippen LogP contribution in [0.25, 0.3) is 0 Å². The molecule has 4 heteroatoms. The number of hydrogen-bond donors (Lipinski definition) is 1. The van der Waals surface area contributed by atoms with Crippen molar-refractivity contribution in [2.24, 2.45) is 0 Å². The first kappa shape index (κ1) is 8.41. The quantitative estimate of drug-likeness (QED) is 0.658. The summed E-state index contributed by atoms with van der Waals surface area (Å²) in [4.78, 5) is 0. The minimum absolute atomic E-state index is 0.560. The molecule has 1 aliphatic heterocycles. The maximum absolute atomic E-state index is 12.2. The molecule has 0 bridgehead atoms. The Bertz CT molecular complexity index is 330. The Hall–Kier alpha value is -1.19. The summed E-state index contributed by atoms with van der Waals surface area (Å²) in [7, 11) is 0. The van der Waals surface area contributed by atoms with E-state index in [4.69, 9.17) is 0 Å². The van der Waals surface area contributed by atoms with Gasteiger partial charge in [0.1, 0.15) is 0 Å². The second-order valence-corrected chi connectivity index (χ2v) is 3.05. The molecule has 0 fully saturated rings. The van der Waals surface area contributed by atoms with Crippen molar-refractivity contribution in [3.63, 3.8) is 0 Å². The highest BCUT2D eigenvalue weighted by molar-refractivity contribution is 5.56. The van der Waals surface area contributed by atoms with Crippen LogP contribution in [-0.4, -0.2) is 6.54 Å². The fraction of sp³-hybridized carbons (Fsp3) is 0.333. The number of fused-ring (bicyclic) bond motifs is 1. The summed E-state index contributed by atoms with van der Waals surface area (Å²) in [6, 6.07) is 3.82. The number of hydrogen-bond acceptors (Lipinski definition) is 1. The van der Waals surface area contributed by atoms with Crippen LogP contribution in [0.4, 0.5) is 18.9 Å². The minimum atomic E-state index is -4.22. The monoisotopic (exact) mass is 187 g/mol. The molecular formula is C9H8F3N. The molecule has 2 rings (SSSR count). The lowest BCUT2D eigenvalue weighted by molar-refractivity contribution is -0.137. The summed E-state index contributed by atoms with van der Waals surface area (Å²) in [5.74, 6) is 0. The van der Waals surface area contributed by atoms with Crippen molar-refractivity contribution in [1.29, 1.82) is 0 Å². The third-order valence-electron chi connectivity index (χ3n) is 2.14. The number of rotatable bonds is 0. The molecule has 1 heterocycles. The van der Waals surface area contributed by atoms with Crippen molar-refractivity contribution < 1.29 is 13.2 Å². The van der Waals surface area contributed by atoms with E-state index < -0.39 is 11.7 Å². The molecule has 0 saturated heterocycles. The number of alkyl halides is 3. The van der Waals surface area contributed by atoms with Crippen LogP contribution in [0.5, 0.6) is 0 Å². The Morgan fingerprint density at radius 1 is 1.23 bits per heavy atom. The van der Waals surface area contributed by atoms with E-state index in [2.05, 4.69) is 5.32 Å². The standard InChI is InChI=1S/C9H8F3N/c10-9(11,12)7-1-2-8-6(5-7)3-4-13-8/h1-2,5,13H,3-4H2. The molecule has 0 atom stereocenters. The van der Waals surface area contributed by atoms with Crippen LogP contribution >= 0.6 is 0 Å². The number of nitrogens with one attached hydrogen (secondary N) is 1. The third kappa shape index (κ3) is 1.48. The summed E-state index contributed by atoms with van der Waals surface area (Å²) in [5.41, 5.74) is 1.03. The first-order valence-corrected chi connectivity index (χ1v) is 4.01. The van der Waals surface area contributed by atoms with Crippen LogP contribution in [0, 0.1) is 0 Å². The Balaban J connectivity index is 2.42. The molecule has 0 aliphatic carbocycles. The molecule has 1 aliphatic rings. The molecule has 0 saturated carbocycles. The van der Waals surface area contributed by atoms with Crippen LogP contribution in [0.1, 0.15) is 11.1 Å². The van der Waals surface area contributed by atoms with E-state index in [1.807, 2.05) is 0 Å². The number of halogens is 3. The van der Waals surface area contributed by atoms with Crippen LogP contribution in [-0.2, 0) is 12.6 Å². The van der Waals surface area contributed by atoms with Gasteiger partial charge in [-0.25, -0.2) is 0 Å². The van der Waals surface area contributed by atoms with E-state index in [0.29, 0.717) is 6.42 Å². The van der Waals surface area contributed by atoms with Gasteiger partial charge in [0.15, 0.2) is 0 Å². The van der Waals surface area contributed by atoms with E-state index in [0.717, 1.165) is 23.9 Å². The molecular weight excluding hydrogens is 179 g/mol. The second kappa shape index (κ2) is 2.65. The molecule has 1 aromatic carbocycles. The molecule has 0 spiro atoms. The molecule has 70 valence electrons. The van der Waals surface area contributed by atoms with Crippen LogP contribution in [0.2, 0.25) is 0 Å². The molecule has 0 radical (unpaired) electrons. The predicted molar refractivity (Wildman–Crippen MR) is 43.6 cm³/mol. The summed E-state index contributed by atoms with van der Waals surface area (Å²) >= 11 is 0. The van der Waals surface area contributed by atoms with Gasteiger partial charge < -0.3 is 5.32 Å². The Morgan fingerprint density at radius 2 is 2.00 bits per heavy atom. The Morgan fingerprint density at radius 3 is 2.69 bits per heavy atom. The molecule has 1 N–H and O–H groups in total. The van der Waals surface area contributed by atoms with Gasteiger partial charge in [-0.1, -0.05) is 0 Å². The predicted octanol–water partition coefficient (Wildman–Crippen LogP) is 2.67. The van der Waals surface area contributed by atoms with Gasteiger partial charge in [0, 0.05) is 12.2 Å². The lowest BCUT2D eigenvalue weighted by Gasteiger charge is -2.07. The zero-order valence-corrected chi connectivity index (χ0v) is 6.78. The van der Waals surface area contributed by atoms with Crippen molar-refractivity contribution in [2.75, 3.05) is 11.9 Å². The highest BCUT2D eigenvalue weighted by atomic mass is 19.4. The van der Waals surface area contributed by atoms with Gasteiger partial charge >= 0.3 is 6.18 Å². The second-order valence-electron chi connectivity index (χ2n) is 3.05. The highest BCUT2D eigenvalue weighted by Gasteiger charge is 2.31. The summed E-state index contributed by atoms with van der Waals surface area (Å²) in [5, 5.41) is 3.01. The van der Waals surface area contributed by atoms with Crippen molar-refractivity contribution >= 4 is 5.69 Å². The molecule has 0 aromatic heterocycles. The Labute approximate surface area is 73.6 Å². The van der Waals surface area contributed by atoms with Crippen LogP contribution in [0.15, 0.2) is 18.2 Å². The summed E-state index contributed by atoms with van der Waals surface area (Å²) < 4.78 is 36.7. The van der Waals surface area contributed by atoms with Crippen LogP contribution in [0.3, 0.4) is 0 Å². The maximum atomic E-state index is 12.2. The van der Waals surface area contributed by atoms with E-state index in [9.17, 15) is 13.2 Å². The van der Waals surface area contributed by atoms with E-state index in [1.54, 1.807) is 0 Å². The smallest absolute Gasteiger partial charge is 0.384 e. The minimum Gasteiger partial charge on any atom is -0.384 e. The lowest BCUT2D eigenvalue weighted by atomic mass is 10.1. The van der Waals surface area contributed by atoms with Crippen molar-refractivity contribution in [3.05, 3.63) is 29.3 Å². The maximum Gasteiger partial charge on any atom is 0.416 e. The van der Waals surface area contributed by atoms with Gasteiger partial charge in [0.25, 0.3) is 0 Å². The SMILES string of the molecule is FC(F)(F)c1ccc2c(c1)CCN2. The van der Waals surface area contributed by atoms with Gasteiger partial charge in [0.05, 0.1) is 5.56 Å². The highest BCUT2D eigenvalue weighted by Crippen LogP contribution is 2.33. The zero-order valence-electron chi connectivity index (χ0n) is 6.78. The van der Waals surface area contributed by atoms with Gasteiger partial charge in [-0.05, 0) is 30.2 Å². The molecule has 13 heavy (non-hydrogen) atoms. The molecule has 1 nitrogen and oxygen atoms in total. The topological polar surface area (TPSA) is 12.0 Å². The first-order valence-electron chi connectivity index (χ1n) is 4.01. The van der Waals surface area contributed by atoms with E-state index in [-0.39, 0.29) is 0 Å². The number of benzene rings is 1. The summed E-state index contributed by atoms with van der Waals surface area (Å²) in [6.45, 7) is 0.733. The average Bonchev–Trinajstić information content (AvgIpc) is 2.47. The molecule has 1 aromatic rings. The van der Waals surface area contributed by atoms with Gasteiger partial charge in [-0.15, -0.1) is 0 Å². The van der Waals surface area contributed by atoms with Crippen molar-refractivity contribution in [2.45, 2.75) is 12.6 Å². The van der Waals surface area contributed by atoms with Crippen LogP contribution < -0.4 is 5.32 Å². The fourth-order valence-corrected chi connectivity index (χ4v) is 1.48. The largest absolute Gasteiger partial charge is 0.416 e. The van der Waals surface area contributed by atoms with Crippen molar-refractivity contribution in [1.82, 2.24) is 0 Å². The first-order chi connectivity index (χ1) is 6.07. The van der Waals surface area contributed by atoms with Crippen molar-refractivity contribution in [3.8, 4) is 0 Å². The van der Waals surface area contributed by atoms with E-state index in [1.165, 1.54) is 12.1 Å². The van der Waals surface area contributed by atoms with Gasteiger partial charge in [-0.3, -0.25) is 0 Å². The van der Waals surface area contributed by atoms with E-state index >= 15 is 0 Å². The number of anilines is 1. The van der Waals surface area contributed by atoms with Gasteiger partial charge in [-0.2, -0.15) is 13.2 Å². The lowest BCUT2D eigenvalue weighted by Crippen LogP contribution is -2.04. The summed E-state index contributed by atoms with van der Waals surface area (Å²) in [6.07, 6.45) is -3.54. The fourth-order valence-electron chi connectivity index (χ4n) is 1.48. The average molecular weight is 187 g/mol. The normalized spacial score (nSPS) is 15.3.